The molecule has 1 unspecified atom stereocenters. The first-order valence-electron chi connectivity index (χ1n) is 9.10. The number of hydrogen-bond donors (Lipinski definition) is 3. The summed E-state index contributed by atoms with van der Waals surface area (Å²) >= 11 is 6.16. The van der Waals surface area contributed by atoms with E-state index in [2.05, 4.69) is 15.3 Å². The van der Waals surface area contributed by atoms with E-state index in [1.807, 2.05) is 42.5 Å². The number of rotatable bonds is 10. The summed E-state index contributed by atoms with van der Waals surface area (Å²) in [6, 6.07) is 12.6. The number of H-pyrrole nitrogens is 1. The van der Waals surface area contributed by atoms with Crippen molar-refractivity contribution in [1.82, 2.24) is 15.3 Å². The molecule has 0 fully saturated rings. The molecule has 1 amide bonds. The largest absolute Gasteiger partial charge is 0.496 e. The molecule has 1 heterocycles. The van der Waals surface area contributed by atoms with E-state index in [0.29, 0.717) is 36.1 Å². The number of ether oxygens (including phenoxy) is 2. The first kappa shape index (κ1) is 20.7. The summed E-state index contributed by atoms with van der Waals surface area (Å²) in [5.41, 5.74) is 8.14. The monoisotopic (exact) mass is 414 g/mol. The Morgan fingerprint density at radius 1 is 1.28 bits per heavy atom. The second-order valence-corrected chi connectivity index (χ2v) is 6.88. The summed E-state index contributed by atoms with van der Waals surface area (Å²) in [6.07, 6.45) is 3.66. The van der Waals surface area contributed by atoms with Crippen LogP contribution >= 0.6 is 11.6 Å². The Hall–Kier alpha value is -3.03. The molecule has 0 saturated heterocycles. The van der Waals surface area contributed by atoms with Gasteiger partial charge in [0.2, 0.25) is 5.91 Å². The standard InChI is InChI=1S/C21H23ClN4O3/c1-28-20-9-17(29-12-15-4-2-3-5-18(15)22)7-6-14(20)10-25-19(21(23)27)8-16-11-24-13-26-16/h2-7,9,11,13,19,25H,8,10,12H2,1H3,(H2,23,27)(H,24,26). The summed E-state index contributed by atoms with van der Waals surface area (Å²) in [5, 5.41) is 3.83. The van der Waals surface area contributed by atoms with Crippen molar-refractivity contribution in [3.63, 3.8) is 0 Å². The van der Waals surface area contributed by atoms with Gasteiger partial charge in [-0.05, 0) is 12.1 Å². The van der Waals surface area contributed by atoms with Crippen LogP contribution in [-0.2, 0) is 24.4 Å². The molecule has 0 bridgehead atoms. The third kappa shape index (κ3) is 5.73. The second-order valence-electron chi connectivity index (χ2n) is 6.47. The summed E-state index contributed by atoms with van der Waals surface area (Å²) in [7, 11) is 1.59. The van der Waals surface area contributed by atoms with E-state index in [0.717, 1.165) is 16.8 Å². The minimum atomic E-state index is -0.531. The molecule has 7 nitrogen and oxygen atoms in total. The number of benzene rings is 2. The Balaban J connectivity index is 1.63. The maximum atomic E-state index is 11.8. The maximum absolute atomic E-state index is 11.8. The minimum absolute atomic E-state index is 0.356. The fourth-order valence-electron chi connectivity index (χ4n) is 2.86. The molecule has 0 spiro atoms. The lowest BCUT2D eigenvalue weighted by Gasteiger charge is -2.17. The zero-order valence-corrected chi connectivity index (χ0v) is 16.8. The number of carbonyl (C=O) groups excluding carboxylic acids is 1. The number of primary amides is 1. The molecule has 0 aliphatic carbocycles. The zero-order valence-electron chi connectivity index (χ0n) is 16.0. The van der Waals surface area contributed by atoms with Crippen molar-refractivity contribution in [2.24, 2.45) is 5.73 Å². The number of halogens is 1. The Morgan fingerprint density at radius 3 is 2.79 bits per heavy atom. The molecule has 0 radical (unpaired) electrons. The number of amides is 1. The number of aromatic amines is 1. The molecule has 2 aromatic carbocycles. The van der Waals surface area contributed by atoms with Crippen LogP contribution in [0.3, 0.4) is 0 Å². The normalized spacial score (nSPS) is 11.8. The van der Waals surface area contributed by atoms with Gasteiger partial charge in [-0.2, -0.15) is 0 Å². The average Bonchev–Trinajstić information content (AvgIpc) is 3.24. The van der Waals surface area contributed by atoms with E-state index in [1.165, 1.54) is 0 Å². The molecule has 1 atom stereocenters. The zero-order chi connectivity index (χ0) is 20.6. The van der Waals surface area contributed by atoms with E-state index >= 15 is 0 Å². The van der Waals surface area contributed by atoms with Gasteiger partial charge in [-0.3, -0.25) is 4.79 Å². The lowest BCUT2D eigenvalue weighted by atomic mass is 10.1. The Morgan fingerprint density at radius 2 is 2.10 bits per heavy atom. The molecule has 8 heteroatoms. The number of nitrogens with zero attached hydrogens (tertiary/aromatic N) is 1. The van der Waals surface area contributed by atoms with Gasteiger partial charge in [0.25, 0.3) is 0 Å². The van der Waals surface area contributed by atoms with Gasteiger partial charge in [-0.25, -0.2) is 4.98 Å². The third-order valence-corrected chi connectivity index (χ3v) is 4.84. The Bertz CT molecular complexity index is 947. The van der Waals surface area contributed by atoms with E-state index in [-0.39, 0.29) is 0 Å². The minimum Gasteiger partial charge on any atom is -0.496 e. The quantitative estimate of drug-likeness (QED) is 0.473. The molecule has 0 saturated carbocycles. The van der Waals surface area contributed by atoms with Crippen molar-refractivity contribution in [3.05, 3.63) is 76.8 Å². The number of nitrogens with two attached hydrogens (primary N) is 1. The van der Waals surface area contributed by atoms with Gasteiger partial charge >= 0.3 is 0 Å². The number of nitrogens with one attached hydrogen (secondary N) is 2. The van der Waals surface area contributed by atoms with Crippen molar-refractivity contribution in [2.75, 3.05) is 7.11 Å². The molecule has 4 N–H and O–H groups in total. The van der Waals surface area contributed by atoms with Gasteiger partial charge in [-0.1, -0.05) is 35.9 Å². The Labute approximate surface area is 174 Å². The molecule has 3 aromatic rings. The number of methoxy groups -OCH3 is 1. The first-order valence-corrected chi connectivity index (χ1v) is 9.47. The predicted molar refractivity (Wildman–Crippen MR) is 111 cm³/mol. The van der Waals surface area contributed by atoms with Crippen LogP contribution in [0.15, 0.2) is 55.0 Å². The summed E-state index contributed by atoms with van der Waals surface area (Å²) < 4.78 is 11.3. The van der Waals surface area contributed by atoms with Crippen LogP contribution < -0.4 is 20.5 Å². The predicted octanol–water partition coefficient (Wildman–Crippen LogP) is 2.84. The van der Waals surface area contributed by atoms with Gasteiger partial charge in [-0.15, -0.1) is 0 Å². The van der Waals surface area contributed by atoms with Crippen LogP contribution in [0.25, 0.3) is 0 Å². The number of aromatic nitrogens is 2. The number of imidazole rings is 1. The molecule has 152 valence electrons. The van der Waals surface area contributed by atoms with Gasteiger partial charge in [0.05, 0.1) is 19.5 Å². The molecular formula is C21H23ClN4O3. The van der Waals surface area contributed by atoms with Gasteiger partial charge in [0.15, 0.2) is 0 Å². The SMILES string of the molecule is COc1cc(OCc2ccccc2Cl)ccc1CNC(Cc1cnc[nH]1)C(N)=O. The highest BCUT2D eigenvalue weighted by molar-refractivity contribution is 6.31. The number of carbonyl (C=O) groups is 1. The van der Waals surface area contributed by atoms with E-state index in [4.69, 9.17) is 26.8 Å². The van der Waals surface area contributed by atoms with Crippen molar-refractivity contribution in [3.8, 4) is 11.5 Å². The van der Waals surface area contributed by atoms with Crippen LogP contribution in [0.2, 0.25) is 5.02 Å². The fourth-order valence-corrected chi connectivity index (χ4v) is 3.05. The second kappa shape index (κ2) is 9.95. The Kier molecular flexibility index (Phi) is 7.10. The van der Waals surface area contributed by atoms with Gasteiger partial charge in [0.1, 0.15) is 18.1 Å². The summed E-state index contributed by atoms with van der Waals surface area (Å²) in [5.74, 6) is 0.881. The highest BCUT2D eigenvalue weighted by Gasteiger charge is 2.17. The van der Waals surface area contributed by atoms with Crippen molar-refractivity contribution < 1.29 is 14.3 Å². The molecule has 29 heavy (non-hydrogen) atoms. The van der Waals surface area contributed by atoms with E-state index < -0.39 is 11.9 Å². The lowest BCUT2D eigenvalue weighted by molar-refractivity contribution is -0.120. The van der Waals surface area contributed by atoms with Crippen molar-refractivity contribution in [1.29, 1.82) is 0 Å². The first-order chi connectivity index (χ1) is 14.1. The smallest absolute Gasteiger partial charge is 0.234 e. The van der Waals surface area contributed by atoms with Crippen LogP contribution in [-0.4, -0.2) is 29.0 Å². The highest BCUT2D eigenvalue weighted by atomic mass is 35.5. The van der Waals surface area contributed by atoms with E-state index in [1.54, 1.807) is 19.6 Å². The molecule has 0 aliphatic heterocycles. The van der Waals surface area contributed by atoms with Crippen molar-refractivity contribution >= 4 is 17.5 Å². The van der Waals surface area contributed by atoms with Gasteiger partial charge in [0, 0.05) is 47.1 Å². The molecule has 3 rings (SSSR count). The molecular weight excluding hydrogens is 392 g/mol. The summed E-state index contributed by atoms with van der Waals surface area (Å²) in [4.78, 5) is 18.7. The fraction of sp³-hybridized carbons (Fsp3) is 0.238. The van der Waals surface area contributed by atoms with Crippen LogP contribution in [0.5, 0.6) is 11.5 Å². The maximum Gasteiger partial charge on any atom is 0.234 e. The van der Waals surface area contributed by atoms with Gasteiger partial charge < -0.3 is 25.5 Å². The average molecular weight is 415 g/mol. The number of hydrogen-bond acceptors (Lipinski definition) is 5. The van der Waals surface area contributed by atoms with Crippen molar-refractivity contribution in [2.45, 2.75) is 25.6 Å². The van der Waals surface area contributed by atoms with Crippen LogP contribution in [0.4, 0.5) is 0 Å². The molecule has 1 aromatic heterocycles. The molecule has 0 aliphatic rings. The van der Waals surface area contributed by atoms with Crippen LogP contribution in [0, 0.1) is 0 Å². The lowest BCUT2D eigenvalue weighted by Crippen LogP contribution is -2.42. The third-order valence-electron chi connectivity index (χ3n) is 4.47. The summed E-state index contributed by atoms with van der Waals surface area (Å²) in [6.45, 7) is 0.768. The topological polar surface area (TPSA) is 102 Å². The highest BCUT2D eigenvalue weighted by Crippen LogP contribution is 2.26. The van der Waals surface area contributed by atoms with E-state index in [9.17, 15) is 4.79 Å². The van der Waals surface area contributed by atoms with Crippen LogP contribution in [0.1, 0.15) is 16.8 Å².